The number of likely N-dealkylation sites (tertiary alicyclic amines) is 1. The first-order valence-corrected chi connectivity index (χ1v) is 6.27. The van der Waals surface area contributed by atoms with Crippen molar-refractivity contribution in [2.75, 3.05) is 6.54 Å². The van der Waals surface area contributed by atoms with E-state index in [1.54, 1.807) is 6.20 Å². The molecule has 98 valence electrons. The first kappa shape index (κ1) is 12.8. The summed E-state index contributed by atoms with van der Waals surface area (Å²) < 4.78 is 0. The van der Waals surface area contributed by atoms with Crippen LogP contribution in [-0.2, 0) is 6.54 Å². The Bertz CT molecular complexity index is 446. The lowest BCUT2D eigenvalue weighted by Gasteiger charge is -2.21. The van der Waals surface area contributed by atoms with Gasteiger partial charge in [-0.3, -0.25) is 9.88 Å². The number of nitrogens with zero attached hydrogens (tertiary/aromatic N) is 3. The Labute approximate surface area is 107 Å². The summed E-state index contributed by atoms with van der Waals surface area (Å²) in [6, 6.07) is 4.47. The predicted octanol–water partition coefficient (Wildman–Crippen LogP) is 1.41. The molecule has 1 aliphatic heterocycles. The summed E-state index contributed by atoms with van der Waals surface area (Å²) in [7, 11) is 0. The lowest BCUT2D eigenvalue weighted by atomic mass is 10.1. The smallest absolute Gasteiger partial charge is 0.188 e. The maximum absolute atomic E-state index is 8.65. The van der Waals surface area contributed by atoms with Gasteiger partial charge in [-0.2, -0.15) is 0 Å². The van der Waals surface area contributed by atoms with Gasteiger partial charge in [0.05, 0.1) is 0 Å². The van der Waals surface area contributed by atoms with E-state index in [0.717, 1.165) is 24.6 Å². The highest BCUT2D eigenvalue weighted by Crippen LogP contribution is 2.24. The Morgan fingerprint density at radius 2 is 2.39 bits per heavy atom. The summed E-state index contributed by atoms with van der Waals surface area (Å²) in [5.41, 5.74) is 7.21. The van der Waals surface area contributed by atoms with Crippen LogP contribution in [0, 0.1) is 5.92 Å². The molecule has 0 spiro atoms. The Morgan fingerprint density at radius 3 is 3.00 bits per heavy atom. The normalized spacial score (nSPS) is 25.6. The van der Waals surface area contributed by atoms with E-state index in [0.29, 0.717) is 11.7 Å². The van der Waals surface area contributed by atoms with Gasteiger partial charge in [0.1, 0.15) is 5.69 Å². The molecule has 1 fully saturated rings. The van der Waals surface area contributed by atoms with E-state index in [2.05, 4.69) is 28.9 Å². The fraction of sp³-hybridized carbons (Fsp3) is 0.538. The average molecular weight is 248 g/mol. The molecule has 1 aliphatic rings. The van der Waals surface area contributed by atoms with Crippen LogP contribution in [0.1, 0.15) is 31.5 Å². The SMILES string of the molecule is CC1CC(C)N(Cc2ccnc(/C(N)=N/O)c2)C1. The summed E-state index contributed by atoms with van der Waals surface area (Å²) in [4.78, 5) is 6.54. The highest BCUT2D eigenvalue weighted by atomic mass is 16.4. The molecule has 0 aliphatic carbocycles. The number of oxime groups is 1. The van der Waals surface area contributed by atoms with Gasteiger partial charge in [-0.05, 0) is 37.0 Å². The molecule has 5 nitrogen and oxygen atoms in total. The van der Waals surface area contributed by atoms with Crippen molar-refractivity contribution >= 4 is 5.84 Å². The maximum Gasteiger partial charge on any atom is 0.188 e. The Morgan fingerprint density at radius 1 is 1.61 bits per heavy atom. The molecule has 2 rings (SSSR count). The Balaban J connectivity index is 2.10. The van der Waals surface area contributed by atoms with E-state index >= 15 is 0 Å². The van der Waals surface area contributed by atoms with Gasteiger partial charge in [-0.25, -0.2) is 0 Å². The van der Waals surface area contributed by atoms with Gasteiger partial charge in [0, 0.05) is 25.3 Å². The second-order valence-electron chi connectivity index (χ2n) is 5.15. The van der Waals surface area contributed by atoms with Crippen LogP contribution >= 0.6 is 0 Å². The highest BCUT2D eigenvalue weighted by Gasteiger charge is 2.25. The topological polar surface area (TPSA) is 74.7 Å². The summed E-state index contributed by atoms with van der Waals surface area (Å²) in [6.07, 6.45) is 2.95. The molecule has 1 aromatic heterocycles. The van der Waals surface area contributed by atoms with E-state index < -0.39 is 0 Å². The largest absolute Gasteiger partial charge is 0.409 e. The van der Waals surface area contributed by atoms with E-state index in [4.69, 9.17) is 10.9 Å². The fourth-order valence-corrected chi connectivity index (χ4v) is 2.61. The van der Waals surface area contributed by atoms with Crippen molar-refractivity contribution in [3.05, 3.63) is 29.6 Å². The molecule has 2 unspecified atom stereocenters. The van der Waals surface area contributed by atoms with Gasteiger partial charge < -0.3 is 10.9 Å². The van der Waals surface area contributed by atoms with Crippen molar-refractivity contribution in [3.63, 3.8) is 0 Å². The number of hydrogen-bond acceptors (Lipinski definition) is 4. The predicted molar refractivity (Wildman–Crippen MR) is 70.4 cm³/mol. The lowest BCUT2D eigenvalue weighted by molar-refractivity contribution is 0.256. The minimum atomic E-state index is 0.0553. The van der Waals surface area contributed by atoms with E-state index in [-0.39, 0.29) is 5.84 Å². The second-order valence-corrected chi connectivity index (χ2v) is 5.15. The van der Waals surface area contributed by atoms with Crippen LogP contribution in [-0.4, -0.2) is 33.5 Å². The van der Waals surface area contributed by atoms with E-state index in [1.807, 2.05) is 12.1 Å². The molecule has 18 heavy (non-hydrogen) atoms. The molecule has 3 N–H and O–H groups in total. The number of amidine groups is 1. The van der Waals surface area contributed by atoms with Crippen molar-refractivity contribution in [2.45, 2.75) is 32.9 Å². The minimum Gasteiger partial charge on any atom is -0.409 e. The number of hydrogen-bond donors (Lipinski definition) is 2. The van der Waals surface area contributed by atoms with Gasteiger partial charge in [0.2, 0.25) is 0 Å². The summed E-state index contributed by atoms with van der Waals surface area (Å²) in [5.74, 6) is 0.810. The summed E-state index contributed by atoms with van der Waals surface area (Å²) in [6.45, 7) is 6.56. The Kier molecular flexibility index (Phi) is 3.81. The van der Waals surface area contributed by atoms with Gasteiger partial charge in [0.15, 0.2) is 5.84 Å². The lowest BCUT2D eigenvalue weighted by Crippen LogP contribution is -2.26. The third kappa shape index (κ3) is 2.79. The van der Waals surface area contributed by atoms with Crippen LogP contribution in [0.25, 0.3) is 0 Å². The van der Waals surface area contributed by atoms with Gasteiger partial charge in [-0.15, -0.1) is 0 Å². The van der Waals surface area contributed by atoms with Crippen molar-refractivity contribution in [2.24, 2.45) is 16.8 Å². The molecule has 0 saturated carbocycles. The third-order valence-corrected chi connectivity index (χ3v) is 3.49. The summed E-state index contributed by atoms with van der Waals surface area (Å²) in [5, 5.41) is 11.6. The monoisotopic (exact) mass is 248 g/mol. The second kappa shape index (κ2) is 5.35. The van der Waals surface area contributed by atoms with Crippen LogP contribution in [0.3, 0.4) is 0 Å². The molecule has 0 aromatic carbocycles. The first-order valence-electron chi connectivity index (χ1n) is 6.27. The molecule has 1 aromatic rings. The third-order valence-electron chi connectivity index (χ3n) is 3.49. The van der Waals surface area contributed by atoms with Crippen LogP contribution < -0.4 is 5.73 Å². The molecular weight excluding hydrogens is 228 g/mol. The Hall–Kier alpha value is -1.62. The average Bonchev–Trinajstić information content (AvgIpc) is 2.67. The molecule has 2 atom stereocenters. The molecule has 0 radical (unpaired) electrons. The maximum atomic E-state index is 8.65. The molecule has 0 bridgehead atoms. The van der Waals surface area contributed by atoms with Crippen molar-refractivity contribution in [1.29, 1.82) is 0 Å². The highest BCUT2D eigenvalue weighted by molar-refractivity contribution is 5.95. The fourth-order valence-electron chi connectivity index (χ4n) is 2.61. The van der Waals surface area contributed by atoms with E-state index in [9.17, 15) is 0 Å². The zero-order valence-electron chi connectivity index (χ0n) is 10.9. The molecule has 0 amide bonds. The molecule has 5 heteroatoms. The van der Waals surface area contributed by atoms with Crippen molar-refractivity contribution < 1.29 is 5.21 Å². The van der Waals surface area contributed by atoms with E-state index in [1.165, 1.54) is 6.42 Å². The van der Waals surface area contributed by atoms with Crippen molar-refractivity contribution in [3.8, 4) is 0 Å². The van der Waals surface area contributed by atoms with Gasteiger partial charge >= 0.3 is 0 Å². The number of aromatic nitrogens is 1. The zero-order valence-corrected chi connectivity index (χ0v) is 10.9. The zero-order chi connectivity index (χ0) is 13.1. The van der Waals surface area contributed by atoms with Gasteiger partial charge in [-0.1, -0.05) is 12.1 Å². The quantitative estimate of drug-likeness (QED) is 0.367. The van der Waals surface area contributed by atoms with Crippen LogP contribution in [0.4, 0.5) is 0 Å². The number of pyridine rings is 1. The molecule has 1 saturated heterocycles. The van der Waals surface area contributed by atoms with Gasteiger partial charge in [0.25, 0.3) is 0 Å². The number of rotatable bonds is 3. The van der Waals surface area contributed by atoms with Crippen LogP contribution in [0.5, 0.6) is 0 Å². The molecule has 2 heterocycles. The van der Waals surface area contributed by atoms with Crippen molar-refractivity contribution in [1.82, 2.24) is 9.88 Å². The minimum absolute atomic E-state index is 0.0553. The number of nitrogens with two attached hydrogens (primary N) is 1. The van der Waals surface area contributed by atoms with Crippen LogP contribution in [0.2, 0.25) is 0 Å². The standard InChI is InChI=1S/C13H20N4O/c1-9-5-10(2)17(7-9)8-11-3-4-15-12(6-11)13(14)16-18/h3-4,6,9-10,18H,5,7-8H2,1-2H3,(H2,14,16). The summed E-state index contributed by atoms with van der Waals surface area (Å²) >= 11 is 0. The first-order chi connectivity index (χ1) is 8.60. The van der Waals surface area contributed by atoms with Crippen LogP contribution in [0.15, 0.2) is 23.5 Å². The molecular formula is C13H20N4O.